The summed E-state index contributed by atoms with van der Waals surface area (Å²) in [6.45, 7) is 0. The van der Waals surface area contributed by atoms with Crippen LogP contribution >= 0.6 is 0 Å². The number of hydrogen-bond acceptors (Lipinski definition) is 2. The van der Waals surface area contributed by atoms with Crippen LogP contribution in [-0.2, 0) is 0 Å². The highest BCUT2D eigenvalue weighted by Gasteiger charge is 2.44. The summed E-state index contributed by atoms with van der Waals surface area (Å²) in [6.07, 6.45) is 3.47. The first-order valence-corrected chi connectivity index (χ1v) is 3.72. The van der Waals surface area contributed by atoms with Crippen LogP contribution in [0, 0.1) is 11.8 Å². The van der Waals surface area contributed by atoms with Crippen LogP contribution in [0.4, 0.5) is 0 Å². The maximum atomic E-state index is 9.36. The van der Waals surface area contributed by atoms with E-state index in [0.29, 0.717) is 11.8 Å². The average molecular weight is 127 g/mol. The molecule has 0 aliphatic heterocycles. The van der Waals surface area contributed by atoms with E-state index in [2.05, 4.69) is 0 Å². The van der Waals surface area contributed by atoms with E-state index in [1.54, 1.807) is 0 Å². The minimum absolute atomic E-state index is 0.101. The van der Waals surface area contributed by atoms with Crippen LogP contribution in [-0.4, -0.2) is 17.3 Å². The van der Waals surface area contributed by atoms with Gasteiger partial charge >= 0.3 is 0 Å². The number of aliphatic hydroxyl groups is 1. The molecule has 9 heavy (non-hydrogen) atoms. The largest absolute Gasteiger partial charge is 0.391 e. The van der Waals surface area contributed by atoms with E-state index in [0.717, 1.165) is 0 Å². The van der Waals surface area contributed by atoms with Crippen molar-refractivity contribution in [1.82, 2.24) is 0 Å². The molecule has 0 aromatic rings. The fourth-order valence-corrected chi connectivity index (χ4v) is 2.31. The van der Waals surface area contributed by atoms with Gasteiger partial charge in [-0.1, -0.05) is 0 Å². The summed E-state index contributed by atoms with van der Waals surface area (Å²) in [6, 6.07) is 0.101. The van der Waals surface area contributed by atoms with Gasteiger partial charge in [0, 0.05) is 6.04 Å². The second kappa shape index (κ2) is 1.70. The van der Waals surface area contributed by atoms with Gasteiger partial charge in [-0.15, -0.1) is 0 Å². The lowest BCUT2D eigenvalue weighted by Gasteiger charge is -2.22. The molecule has 3 N–H and O–H groups in total. The number of aliphatic hydroxyl groups excluding tert-OH is 1. The molecule has 2 rings (SSSR count). The van der Waals surface area contributed by atoms with Gasteiger partial charge in [0.15, 0.2) is 0 Å². The van der Waals surface area contributed by atoms with Gasteiger partial charge in [-0.2, -0.15) is 0 Å². The molecule has 0 heterocycles. The summed E-state index contributed by atoms with van der Waals surface area (Å²) in [7, 11) is 0. The summed E-state index contributed by atoms with van der Waals surface area (Å²) >= 11 is 0. The molecule has 2 nitrogen and oxygen atoms in total. The lowest BCUT2D eigenvalue weighted by Crippen LogP contribution is -2.39. The molecule has 2 aliphatic rings. The molecule has 0 aromatic heterocycles. The summed E-state index contributed by atoms with van der Waals surface area (Å²) in [4.78, 5) is 0. The van der Waals surface area contributed by atoms with Gasteiger partial charge in [-0.25, -0.2) is 0 Å². The van der Waals surface area contributed by atoms with Gasteiger partial charge in [0.25, 0.3) is 0 Å². The van der Waals surface area contributed by atoms with E-state index >= 15 is 0 Å². The van der Waals surface area contributed by atoms with Crippen LogP contribution in [0.3, 0.4) is 0 Å². The zero-order valence-corrected chi connectivity index (χ0v) is 5.46. The molecule has 0 saturated heterocycles. The molecule has 52 valence electrons. The van der Waals surface area contributed by atoms with Crippen LogP contribution in [0.25, 0.3) is 0 Å². The summed E-state index contributed by atoms with van der Waals surface area (Å²) in [5.41, 5.74) is 5.71. The van der Waals surface area contributed by atoms with Crippen molar-refractivity contribution in [2.45, 2.75) is 31.4 Å². The summed E-state index contributed by atoms with van der Waals surface area (Å²) in [5, 5.41) is 9.36. The van der Waals surface area contributed by atoms with E-state index in [1.807, 2.05) is 0 Å². The lowest BCUT2D eigenvalue weighted by atomic mass is 9.94. The summed E-state index contributed by atoms with van der Waals surface area (Å²) in [5.74, 6) is 1.19. The van der Waals surface area contributed by atoms with E-state index in [4.69, 9.17) is 5.73 Å². The highest BCUT2D eigenvalue weighted by atomic mass is 16.3. The van der Waals surface area contributed by atoms with Crippen LogP contribution in [0.2, 0.25) is 0 Å². The van der Waals surface area contributed by atoms with E-state index < -0.39 is 0 Å². The highest BCUT2D eigenvalue weighted by molar-refractivity contribution is 4.98. The standard InChI is InChI=1S/C7H13NO/c8-6-4-1-2-5(3-4)7(6)9/h4-7,9H,1-3,8H2. The number of fused-ring (bicyclic) bond motifs is 2. The van der Waals surface area contributed by atoms with Crippen molar-refractivity contribution in [1.29, 1.82) is 0 Å². The van der Waals surface area contributed by atoms with Crippen LogP contribution in [0.5, 0.6) is 0 Å². The Bertz CT molecular complexity index is 108. The zero-order valence-electron chi connectivity index (χ0n) is 5.46. The normalized spacial score (nSPS) is 56.7. The molecule has 2 heteroatoms. The summed E-state index contributed by atoms with van der Waals surface area (Å²) < 4.78 is 0. The number of rotatable bonds is 0. The third kappa shape index (κ3) is 0.634. The topological polar surface area (TPSA) is 46.2 Å². The van der Waals surface area contributed by atoms with Crippen LogP contribution in [0.15, 0.2) is 0 Å². The lowest BCUT2D eigenvalue weighted by molar-refractivity contribution is 0.0944. The van der Waals surface area contributed by atoms with Crippen molar-refractivity contribution in [3.8, 4) is 0 Å². The fraction of sp³-hybridized carbons (Fsp3) is 1.00. The molecule has 2 bridgehead atoms. The van der Waals surface area contributed by atoms with Gasteiger partial charge in [0.1, 0.15) is 0 Å². The molecular formula is C7H13NO. The molecule has 0 amide bonds. The van der Waals surface area contributed by atoms with Crippen molar-refractivity contribution < 1.29 is 5.11 Å². The van der Waals surface area contributed by atoms with Gasteiger partial charge in [0.2, 0.25) is 0 Å². The Morgan fingerprint density at radius 3 is 2.22 bits per heavy atom. The SMILES string of the molecule is NC1C2CCC(C2)C1O. The maximum Gasteiger partial charge on any atom is 0.0721 e. The van der Waals surface area contributed by atoms with Crippen molar-refractivity contribution in [3.05, 3.63) is 0 Å². The fourth-order valence-electron chi connectivity index (χ4n) is 2.31. The van der Waals surface area contributed by atoms with Gasteiger partial charge in [-0.3, -0.25) is 0 Å². The monoisotopic (exact) mass is 127 g/mol. The Morgan fingerprint density at radius 1 is 1.22 bits per heavy atom. The minimum atomic E-state index is -0.177. The second-order valence-corrected chi connectivity index (χ2v) is 3.40. The Morgan fingerprint density at radius 2 is 1.89 bits per heavy atom. The first-order chi connectivity index (χ1) is 4.29. The average Bonchev–Trinajstić information content (AvgIpc) is 2.37. The zero-order chi connectivity index (χ0) is 6.43. The third-order valence-electron chi connectivity index (χ3n) is 2.94. The Hall–Kier alpha value is -0.0800. The predicted molar refractivity (Wildman–Crippen MR) is 34.8 cm³/mol. The molecule has 0 spiro atoms. The van der Waals surface area contributed by atoms with Crippen LogP contribution < -0.4 is 5.73 Å². The Balaban J connectivity index is 2.15. The first kappa shape index (κ1) is 5.69. The van der Waals surface area contributed by atoms with E-state index in [1.165, 1.54) is 19.3 Å². The van der Waals surface area contributed by atoms with Gasteiger partial charge < -0.3 is 10.8 Å². The Labute approximate surface area is 55.1 Å². The Kier molecular flexibility index (Phi) is 1.08. The third-order valence-corrected chi connectivity index (χ3v) is 2.94. The molecular weight excluding hydrogens is 114 g/mol. The number of nitrogens with two attached hydrogens (primary N) is 1. The molecule has 2 fully saturated rings. The molecule has 4 atom stereocenters. The molecule has 0 radical (unpaired) electrons. The van der Waals surface area contributed by atoms with Crippen molar-refractivity contribution in [3.63, 3.8) is 0 Å². The smallest absolute Gasteiger partial charge is 0.0721 e. The molecule has 0 aromatic carbocycles. The van der Waals surface area contributed by atoms with Gasteiger partial charge in [-0.05, 0) is 31.1 Å². The maximum absolute atomic E-state index is 9.36. The van der Waals surface area contributed by atoms with Gasteiger partial charge in [0.05, 0.1) is 6.10 Å². The van der Waals surface area contributed by atoms with E-state index in [-0.39, 0.29) is 12.1 Å². The molecule has 4 unspecified atom stereocenters. The quantitative estimate of drug-likeness (QED) is 0.485. The second-order valence-electron chi connectivity index (χ2n) is 3.40. The first-order valence-electron chi connectivity index (χ1n) is 3.72. The highest BCUT2D eigenvalue weighted by Crippen LogP contribution is 2.43. The van der Waals surface area contributed by atoms with Crippen molar-refractivity contribution >= 4 is 0 Å². The minimum Gasteiger partial charge on any atom is -0.391 e. The number of hydrogen-bond donors (Lipinski definition) is 2. The molecule has 2 aliphatic carbocycles. The molecule has 2 saturated carbocycles. The van der Waals surface area contributed by atoms with E-state index in [9.17, 15) is 5.11 Å². The van der Waals surface area contributed by atoms with Crippen molar-refractivity contribution in [2.75, 3.05) is 0 Å². The van der Waals surface area contributed by atoms with Crippen molar-refractivity contribution in [2.24, 2.45) is 17.6 Å². The predicted octanol–water partition coefficient (Wildman–Crippen LogP) is 0.104. The van der Waals surface area contributed by atoms with Crippen LogP contribution in [0.1, 0.15) is 19.3 Å².